The van der Waals surface area contributed by atoms with Gasteiger partial charge in [0.15, 0.2) is 0 Å². The Kier molecular flexibility index (Phi) is 4.43. The number of hydrogen-bond acceptors (Lipinski definition) is 3. The van der Waals surface area contributed by atoms with Crippen LogP contribution in [0.1, 0.15) is 13.8 Å². The molecule has 0 atom stereocenters. The number of nitrogens with zero attached hydrogens (tertiary/aromatic N) is 1. The molecule has 1 aromatic rings. The van der Waals surface area contributed by atoms with E-state index in [1.807, 2.05) is 32.1 Å². The fourth-order valence-corrected chi connectivity index (χ4v) is 1.63. The van der Waals surface area contributed by atoms with Crippen molar-refractivity contribution in [1.29, 1.82) is 0 Å². The Morgan fingerprint density at radius 1 is 1.27 bits per heavy atom. The molecule has 2 nitrogen and oxygen atoms in total. The number of allylic oxidation sites excluding steroid dienone is 2. The SMILES string of the molecule is CSc1ccc(N=C(C)/C=C(/C)N)cc1. The second-order valence-corrected chi connectivity index (χ2v) is 4.22. The van der Waals surface area contributed by atoms with Crippen LogP contribution in [0.5, 0.6) is 0 Å². The summed E-state index contributed by atoms with van der Waals surface area (Å²) in [6.45, 7) is 3.80. The van der Waals surface area contributed by atoms with Crippen LogP contribution in [-0.4, -0.2) is 12.0 Å². The molecule has 0 saturated carbocycles. The third-order valence-electron chi connectivity index (χ3n) is 1.81. The van der Waals surface area contributed by atoms with Crippen LogP contribution in [0.25, 0.3) is 0 Å². The quantitative estimate of drug-likeness (QED) is 0.626. The highest BCUT2D eigenvalue weighted by Crippen LogP contribution is 2.19. The van der Waals surface area contributed by atoms with Crippen molar-refractivity contribution in [3.8, 4) is 0 Å². The molecule has 3 heteroatoms. The maximum absolute atomic E-state index is 5.57. The minimum Gasteiger partial charge on any atom is -0.402 e. The molecule has 0 aliphatic rings. The van der Waals surface area contributed by atoms with Crippen molar-refractivity contribution in [3.63, 3.8) is 0 Å². The topological polar surface area (TPSA) is 38.4 Å². The van der Waals surface area contributed by atoms with Gasteiger partial charge in [-0.05, 0) is 50.4 Å². The summed E-state index contributed by atoms with van der Waals surface area (Å²) >= 11 is 1.73. The van der Waals surface area contributed by atoms with Gasteiger partial charge in [-0.15, -0.1) is 11.8 Å². The van der Waals surface area contributed by atoms with Crippen LogP contribution in [0.4, 0.5) is 5.69 Å². The predicted molar refractivity (Wildman–Crippen MR) is 68.9 cm³/mol. The first-order valence-corrected chi connectivity index (χ1v) is 5.97. The average molecular weight is 220 g/mol. The fraction of sp³-hybridized carbons (Fsp3) is 0.250. The Bertz CT molecular complexity index is 373. The van der Waals surface area contributed by atoms with Crippen LogP contribution in [0.2, 0.25) is 0 Å². The zero-order chi connectivity index (χ0) is 11.3. The molecule has 0 spiro atoms. The van der Waals surface area contributed by atoms with Gasteiger partial charge in [0.1, 0.15) is 0 Å². The van der Waals surface area contributed by atoms with Gasteiger partial charge in [-0.2, -0.15) is 0 Å². The highest BCUT2D eigenvalue weighted by atomic mass is 32.2. The van der Waals surface area contributed by atoms with Gasteiger partial charge in [-0.1, -0.05) is 0 Å². The summed E-state index contributed by atoms with van der Waals surface area (Å²) in [5.41, 5.74) is 8.23. The van der Waals surface area contributed by atoms with Crippen molar-refractivity contribution >= 4 is 23.2 Å². The zero-order valence-electron chi connectivity index (χ0n) is 9.32. The molecule has 0 aromatic heterocycles. The van der Waals surface area contributed by atoms with Crippen molar-refractivity contribution in [1.82, 2.24) is 0 Å². The summed E-state index contributed by atoms with van der Waals surface area (Å²) < 4.78 is 0. The van der Waals surface area contributed by atoms with Gasteiger partial charge >= 0.3 is 0 Å². The molecule has 2 N–H and O–H groups in total. The minimum atomic E-state index is 0.775. The Morgan fingerprint density at radius 3 is 2.33 bits per heavy atom. The summed E-state index contributed by atoms with van der Waals surface area (Å²) in [5, 5.41) is 0. The van der Waals surface area contributed by atoms with Gasteiger partial charge in [-0.25, -0.2) is 0 Å². The van der Waals surface area contributed by atoms with Gasteiger partial charge in [0.25, 0.3) is 0 Å². The van der Waals surface area contributed by atoms with E-state index in [-0.39, 0.29) is 0 Å². The molecule has 0 fully saturated rings. The maximum atomic E-state index is 5.57. The molecule has 1 aromatic carbocycles. The number of nitrogens with two attached hydrogens (primary N) is 1. The largest absolute Gasteiger partial charge is 0.402 e. The second kappa shape index (κ2) is 5.61. The lowest BCUT2D eigenvalue weighted by molar-refractivity contribution is 1.32. The van der Waals surface area contributed by atoms with E-state index in [4.69, 9.17) is 5.73 Å². The van der Waals surface area contributed by atoms with Crippen molar-refractivity contribution in [3.05, 3.63) is 36.0 Å². The Balaban J connectivity index is 2.84. The van der Waals surface area contributed by atoms with Crippen LogP contribution >= 0.6 is 11.8 Å². The molecule has 80 valence electrons. The monoisotopic (exact) mass is 220 g/mol. The molecule has 0 bridgehead atoms. The van der Waals surface area contributed by atoms with Gasteiger partial charge in [0.2, 0.25) is 0 Å². The Hall–Kier alpha value is -1.22. The third kappa shape index (κ3) is 4.21. The number of benzene rings is 1. The highest BCUT2D eigenvalue weighted by molar-refractivity contribution is 7.98. The van der Waals surface area contributed by atoms with Gasteiger partial charge in [0, 0.05) is 16.3 Å². The summed E-state index contributed by atoms with van der Waals surface area (Å²) in [6.07, 6.45) is 3.92. The van der Waals surface area contributed by atoms with Crippen molar-refractivity contribution in [2.75, 3.05) is 6.26 Å². The van der Waals surface area contributed by atoms with E-state index in [1.165, 1.54) is 4.90 Å². The summed E-state index contributed by atoms with van der Waals surface area (Å²) in [5.74, 6) is 0. The highest BCUT2D eigenvalue weighted by Gasteiger charge is 1.92. The van der Waals surface area contributed by atoms with Crippen molar-refractivity contribution in [2.24, 2.45) is 10.7 Å². The van der Waals surface area contributed by atoms with Crippen LogP contribution in [0.3, 0.4) is 0 Å². The first-order chi connectivity index (χ1) is 7.11. The average Bonchev–Trinajstić information content (AvgIpc) is 2.17. The summed E-state index contributed by atoms with van der Waals surface area (Å²) in [4.78, 5) is 5.67. The molecule has 0 heterocycles. The van der Waals surface area contributed by atoms with Crippen LogP contribution < -0.4 is 5.73 Å². The first-order valence-electron chi connectivity index (χ1n) is 4.75. The summed E-state index contributed by atoms with van der Waals surface area (Å²) in [7, 11) is 0. The smallest absolute Gasteiger partial charge is 0.0633 e. The molecule has 0 saturated heterocycles. The molecule has 15 heavy (non-hydrogen) atoms. The van der Waals surface area contributed by atoms with E-state index in [9.17, 15) is 0 Å². The van der Waals surface area contributed by atoms with E-state index in [0.29, 0.717) is 0 Å². The number of aliphatic imine (C=N–C) groups is 1. The van der Waals surface area contributed by atoms with Gasteiger partial charge < -0.3 is 5.73 Å². The van der Waals surface area contributed by atoms with E-state index < -0.39 is 0 Å². The lowest BCUT2D eigenvalue weighted by atomic mass is 10.3. The maximum Gasteiger partial charge on any atom is 0.0633 e. The zero-order valence-corrected chi connectivity index (χ0v) is 10.1. The molecule has 0 aliphatic heterocycles. The van der Waals surface area contributed by atoms with Crippen molar-refractivity contribution in [2.45, 2.75) is 18.7 Å². The first kappa shape index (κ1) is 11.9. The second-order valence-electron chi connectivity index (χ2n) is 3.34. The number of rotatable bonds is 3. The third-order valence-corrected chi connectivity index (χ3v) is 2.56. The molecule has 0 amide bonds. The molecular formula is C12H16N2S. The van der Waals surface area contributed by atoms with Gasteiger partial charge in [0.05, 0.1) is 5.69 Å². The lowest BCUT2D eigenvalue weighted by Gasteiger charge is -1.98. The molecule has 0 unspecified atom stereocenters. The normalized spacial score (nSPS) is 13.0. The van der Waals surface area contributed by atoms with Crippen LogP contribution in [0.15, 0.2) is 45.9 Å². The molecular weight excluding hydrogens is 204 g/mol. The number of thioether (sulfide) groups is 1. The standard InChI is InChI=1S/C12H16N2S/c1-9(13)8-10(2)14-11-4-6-12(15-3)7-5-11/h4-8H,13H2,1-3H3/b9-8-,14-10?. The van der Waals surface area contributed by atoms with Gasteiger partial charge in [-0.3, -0.25) is 4.99 Å². The van der Waals surface area contributed by atoms with Crippen LogP contribution in [0, 0.1) is 0 Å². The van der Waals surface area contributed by atoms with E-state index in [2.05, 4.69) is 23.4 Å². The predicted octanol–water partition coefficient (Wildman–Crippen LogP) is 3.36. The van der Waals surface area contributed by atoms with E-state index in [1.54, 1.807) is 11.8 Å². The van der Waals surface area contributed by atoms with E-state index >= 15 is 0 Å². The minimum absolute atomic E-state index is 0.775. The number of hydrogen-bond donors (Lipinski definition) is 1. The Morgan fingerprint density at radius 2 is 1.87 bits per heavy atom. The summed E-state index contributed by atoms with van der Waals surface area (Å²) in [6, 6.07) is 8.15. The molecule has 0 radical (unpaired) electrons. The van der Waals surface area contributed by atoms with Crippen molar-refractivity contribution < 1.29 is 0 Å². The fourth-order valence-electron chi connectivity index (χ4n) is 1.22. The molecule has 1 rings (SSSR count). The molecule has 0 aliphatic carbocycles. The van der Waals surface area contributed by atoms with Crippen LogP contribution in [-0.2, 0) is 0 Å². The Labute approximate surface area is 95.3 Å². The lowest BCUT2D eigenvalue weighted by Crippen LogP contribution is -1.94. The van der Waals surface area contributed by atoms with E-state index in [0.717, 1.165) is 17.1 Å².